The number of amides is 2. The average Bonchev–Trinajstić information content (AvgIpc) is 3.29. The molecule has 4 rings (SSSR count). The summed E-state index contributed by atoms with van der Waals surface area (Å²) in [4.78, 5) is 33.0. The molecule has 0 unspecified atom stereocenters. The van der Waals surface area contributed by atoms with Crippen molar-refractivity contribution in [2.24, 2.45) is 5.16 Å². The first-order valence-electron chi connectivity index (χ1n) is 12.0. The van der Waals surface area contributed by atoms with Gasteiger partial charge in [-0.1, -0.05) is 47.6 Å². The summed E-state index contributed by atoms with van der Waals surface area (Å²) in [6, 6.07) is 19.9. The molecule has 7 heteroatoms. The van der Waals surface area contributed by atoms with Gasteiger partial charge in [0.1, 0.15) is 18.9 Å². The molecule has 1 aliphatic rings. The quantitative estimate of drug-likeness (QED) is 0.490. The summed E-state index contributed by atoms with van der Waals surface area (Å²) >= 11 is 0. The molecule has 0 aromatic heterocycles. The smallest absolute Gasteiger partial charge is 0.254 e. The lowest BCUT2D eigenvalue weighted by Crippen LogP contribution is -2.46. The first-order valence-corrected chi connectivity index (χ1v) is 12.0. The van der Waals surface area contributed by atoms with E-state index in [1.54, 1.807) is 17.0 Å². The van der Waals surface area contributed by atoms with Crippen molar-refractivity contribution in [3.8, 4) is 16.9 Å². The molecule has 1 saturated heterocycles. The van der Waals surface area contributed by atoms with Crippen LogP contribution in [-0.2, 0) is 16.1 Å². The van der Waals surface area contributed by atoms with Gasteiger partial charge in [0, 0.05) is 18.5 Å². The molecule has 0 spiro atoms. The minimum Gasteiger partial charge on any atom is -0.508 e. The van der Waals surface area contributed by atoms with Crippen LogP contribution in [0.4, 0.5) is 0 Å². The van der Waals surface area contributed by atoms with Gasteiger partial charge in [-0.3, -0.25) is 9.59 Å². The molecule has 1 aliphatic heterocycles. The number of aryl methyl sites for hydroxylation is 2. The molecular formula is C29H31N3O4. The van der Waals surface area contributed by atoms with E-state index in [9.17, 15) is 14.7 Å². The average molecular weight is 486 g/mol. The number of hydrogen-bond acceptors (Lipinski definition) is 5. The normalized spacial score (nSPS) is 16.2. The van der Waals surface area contributed by atoms with Crippen LogP contribution in [0.25, 0.3) is 11.1 Å². The summed E-state index contributed by atoms with van der Waals surface area (Å²) in [6.45, 7) is 4.81. The highest BCUT2D eigenvalue weighted by Crippen LogP contribution is 2.28. The highest BCUT2D eigenvalue weighted by atomic mass is 16.6. The largest absolute Gasteiger partial charge is 0.508 e. The maximum atomic E-state index is 13.4. The summed E-state index contributed by atoms with van der Waals surface area (Å²) in [7, 11) is 1.45. The number of aromatic hydroxyl groups is 1. The minimum atomic E-state index is -0.662. The molecule has 7 nitrogen and oxygen atoms in total. The Morgan fingerprint density at radius 2 is 1.69 bits per heavy atom. The van der Waals surface area contributed by atoms with Crippen LogP contribution in [0, 0.1) is 13.8 Å². The maximum Gasteiger partial charge on any atom is 0.254 e. The molecule has 1 fully saturated rings. The second-order valence-electron chi connectivity index (χ2n) is 9.04. The zero-order valence-electron chi connectivity index (χ0n) is 20.8. The van der Waals surface area contributed by atoms with Crippen LogP contribution in [0.1, 0.15) is 33.5 Å². The summed E-state index contributed by atoms with van der Waals surface area (Å²) in [5.41, 5.74) is 6.74. The fourth-order valence-electron chi connectivity index (χ4n) is 4.67. The molecule has 2 amide bonds. The molecule has 0 saturated carbocycles. The zero-order valence-corrected chi connectivity index (χ0v) is 20.8. The Morgan fingerprint density at radius 3 is 2.33 bits per heavy atom. The number of oxime groups is 1. The maximum absolute atomic E-state index is 13.4. The van der Waals surface area contributed by atoms with Crippen molar-refractivity contribution >= 4 is 17.5 Å². The van der Waals surface area contributed by atoms with Gasteiger partial charge in [-0.25, -0.2) is 0 Å². The molecule has 1 atom stereocenters. The van der Waals surface area contributed by atoms with Gasteiger partial charge in [0.2, 0.25) is 5.91 Å². The molecule has 2 N–H and O–H groups in total. The number of nitrogens with one attached hydrogen (secondary N) is 1. The van der Waals surface area contributed by atoms with Gasteiger partial charge in [-0.05, 0) is 72.4 Å². The molecule has 0 aliphatic carbocycles. The summed E-state index contributed by atoms with van der Waals surface area (Å²) in [5.74, 6) is -0.242. The number of benzene rings is 3. The second-order valence-corrected chi connectivity index (χ2v) is 9.04. The Bertz CT molecular complexity index is 1250. The van der Waals surface area contributed by atoms with E-state index in [1.165, 1.54) is 18.2 Å². The first-order chi connectivity index (χ1) is 17.4. The highest BCUT2D eigenvalue weighted by Gasteiger charge is 2.38. The predicted molar refractivity (Wildman–Crippen MR) is 140 cm³/mol. The molecule has 1 heterocycles. The van der Waals surface area contributed by atoms with Gasteiger partial charge >= 0.3 is 0 Å². The first kappa shape index (κ1) is 25.0. The van der Waals surface area contributed by atoms with Crippen LogP contribution in [-0.4, -0.2) is 53.8 Å². The van der Waals surface area contributed by atoms with Gasteiger partial charge in [-0.2, -0.15) is 0 Å². The Kier molecular flexibility index (Phi) is 7.68. The van der Waals surface area contributed by atoms with Crippen molar-refractivity contribution in [3.63, 3.8) is 0 Å². The van der Waals surface area contributed by atoms with Crippen molar-refractivity contribution < 1.29 is 19.5 Å². The molecular weight excluding hydrogens is 454 g/mol. The van der Waals surface area contributed by atoms with E-state index in [4.69, 9.17) is 4.84 Å². The molecule has 3 aromatic rings. The highest BCUT2D eigenvalue weighted by molar-refractivity contribution is 6.05. The number of likely N-dealkylation sites (tertiary alicyclic amines) is 1. The van der Waals surface area contributed by atoms with Crippen LogP contribution < -0.4 is 5.32 Å². The topological polar surface area (TPSA) is 91.2 Å². The Hall–Kier alpha value is -4.13. The predicted octanol–water partition coefficient (Wildman–Crippen LogP) is 4.25. The van der Waals surface area contributed by atoms with Crippen molar-refractivity contribution in [2.75, 3.05) is 20.2 Å². The summed E-state index contributed by atoms with van der Waals surface area (Å²) in [5, 5.41) is 16.4. The Balaban J connectivity index is 1.47. The van der Waals surface area contributed by atoms with Crippen LogP contribution in [0.3, 0.4) is 0 Å². The fourth-order valence-corrected chi connectivity index (χ4v) is 4.67. The van der Waals surface area contributed by atoms with Crippen molar-refractivity contribution in [2.45, 2.75) is 32.7 Å². The number of carbonyl (C=O) groups is 2. The monoisotopic (exact) mass is 485 g/mol. The van der Waals surface area contributed by atoms with E-state index >= 15 is 0 Å². The summed E-state index contributed by atoms with van der Waals surface area (Å²) in [6.07, 6.45) is 0.941. The van der Waals surface area contributed by atoms with Crippen molar-refractivity contribution in [1.82, 2.24) is 10.2 Å². The molecule has 36 heavy (non-hydrogen) atoms. The Labute approximate surface area is 211 Å². The molecule has 0 radical (unpaired) electrons. The lowest BCUT2D eigenvalue weighted by atomic mass is 9.95. The van der Waals surface area contributed by atoms with Crippen LogP contribution >= 0.6 is 0 Å². The van der Waals surface area contributed by atoms with Crippen LogP contribution in [0.5, 0.6) is 5.75 Å². The number of carbonyl (C=O) groups excluding carboxylic acids is 2. The number of hydrogen-bond donors (Lipinski definition) is 2. The lowest BCUT2D eigenvalue weighted by molar-refractivity contribution is -0.124. The van der Waals surface area contributed by atoms with E-state index in [0.717, 1.165) is 16.7 Å². The number of rotatable bonds is 7. The second kappa shape index (κ2) is 11.1. The van der Waals surface area contributed by atoms with Crippen molar-refractivity contribution in [1.29, 1.82) is 0 Å². The molecule has 186 valence electrons. The molecule has 3 aromatic carbocycles. The third-order valence-corrected chi connectivity index (χ3v) is 6.49. The number of nitrogens with zero attached hydrogens (tertiary/aromatic N) is 2. The molecule has 0 bridgehead atoms. The minimum absolute atomic E-state index is 0.204. The SMILES string of the molecule is CON=C1C[C@@H](C(=O)NCCc2ccc(O)cc2)N(C(=O)c2ccc(-c3c(C)cccc3C)cc2)C1. The Morgan fingerprint density at radius 1 is 1.03 bits per heavy atom. The van der Waals surface area contributed by atoms with E-state index < -0.39 is 6.04 Å². The number of phenols is 1. The van der Waals surface area contributed by atoms with Crippen LogP contribution in [0.15, 0.2) is 71.9 Å². The van der Waals surface area contributed by atoms with Crippen molar-refractivity contribution in [3.05, 3.63) is 89.0 Å². The van der Waals surface area contributed by atoms with Crippen LogP contribution in [0.2, 0.25) is 0 Å². The lowest BCUT2D eigenvalue weighted by Gasteiger charge is -2.23. The van der Waals surface area contributed by atoms with E-state index in [0.29, 0.717) is 30.7 Å². The summed E-state index contributed by atoms with van der Waals surface area (Å²) < 4.78 is 0. The van der Waals surface area contributed by atoms with E-state index in [1.807, 2.05) is 42.5 Å². The van der Waals surface area contributed by atoms with Gasteiger partial charge in [0.05, 0.1) is 12.3 Å². The fraction of sp³-hybridized carbons (Fsp3) is 0.276. The van der Waals surface area contributed by atoms with E-state index in [2.05, 4.69) is 36.5 Å². The number of phenolic OH excluding ortho intramolecular Hbond substituents is 1. The third-order valence-electron chi connectivity index (χ3n) is 6.49. The van der Waals surface area contributed by atoms with Gasteiger partial charge in [0.25, 0.3) is 5.91 Å². The van der Waals surface area contributed by atoms with Gasteiger partial charge in [-0.15, -0.1) is 0 Å². The zero-order chi connectivity index (χ0) is 25.7. The third kappa shape index (κ3) is 5.57. The standard InChI is InChI=1S/C29H31N3O4/c1-19-5-4-6-20(2)27(19)22-9-11-23(12-10-22)29(35)32-18-24(31-36-3)17-26(32)28(34)30-16-15-21-7-13-25(33)14-8-21/h4-14,26,33H,15-18H2,1-3H3,(H,30,34)/t26-/m0/s1. The van der Waals surface area contributed by atoms with E-state index in [-0.39, 0.29) is 24.1 Å². The van der Waals surface area contributed by atoms with Gasteiger partial charge < -0.3 is 20.2 Å². The van der Waals surface area contributed by atoms with Gasteiger partial charge in [0.15, 0.2) is 0 Å².